The molecule has 0 aliphatic carbocycles. The van der Waals surface area contributed by atoms with Crippen LogP contribution < -0.4 is 5.32 Å². The number of nitrogens with one attached hydrogen (secondary N) is 1. The predicted octanol–water partition coefficient (Wildman–Crippen LogP) is -0.0827. The van der Waals surface area contributed by atoms with E-state index in [1.165, 1.54) is 11.8 Å². The standard InChI is InChI=1S/C8H14N2O3/c1-6(11)8(2)5-9-3-4-10(8)7(12)13/h9H,3-5H2,1-2H3,(H,12,13). The molecule has 2 N–H and O–H groups in total. The molecule has 1 aliphatic rings. The van der Waals surface area contributed by atoms with Gasteiger partial charge in [-0.15, -0.1) is 0 Å². The summed E-state index contributed by atoms with van der Waals surface area (Å²) in [4.78, 5) is 23.3. The molecule has 1 atom stereocenters. The topological polar surface area (TPSA) is 69.6 Å². The molecule has 0 saturated carbocycles. The smallest absolute Gasteiger partial charge is 0.408 e. The summed E-state index contributed by atoms with van der Waals surface area (Å²) in [5, 5.41) is 11.9. The summed E-state index contributed by atoms with van der Waals surface area (Å²) in [5.74, 6) is -0.123. The molecule has 1 saturated heterocycles. The Kier molecular flexibility index (Phi) is 2.56. The van der Waals surface area contributed by atoms with Crippen molar-refractivity contribution in [1.82, 2.24) is 10.2 Å². The first kappa shape index (κ1) is 9.98. The lowest BCUT2D eigenvalue weighted by Crippen LogP contribution is -2.64. The highest BCUT2D eigenvalue weighted by Crippen LogP contribution is 2.18. The van der Waals surface area contributed by atoms with Gasteiger partial charge in [-0.25, -0.2) is 4.79 Å². The third-order valence-electron chi connectivity index (χ3n) is 2.57. The molecule has 0 radical (unpaired) electrons. The number of piperazine rings is 1. The van der Waals surface area contributed by atoms with Gasteiger partial charge in [-0.2, -0.15) is 0 Å². The number of carbonyl (C=O) groups excluding carboxylic acids is 1. The molecule has 0 bridgehead atoms. The van der Waals surface area contributed by atoms with Crippen LogP contribution in [0.3, 0.4) is 0 Å². The zero-order valence-electron chi connectivity index (χ0n) is 7.83. The average molecular weight is 186 g/mol. The van der Waals surface area contributed by atoms with Crippen molar-refractivity contribution < 1.29 is 14.7 Å². The molecule has 0 aromatic carbocycles. The first-order chi connectivity index (χ1) is 5.98. The Labute approximate surface area is 76.7 Å². The first-order valence-electron chi connectivity index (χ1n) is 4.21. The second-order valence-corrected chi connectivity index (χ2v) is 3.44. The molecule has 0 spiro atoms. The van der Waals surface area contributed by atoms with Crippen molar-refractivity contribution in [3.63, 3.8) is 0 Å². The fourth-order valence-corrected chi connectivity index (χ4v) is 1.49. The van der Waals surface area contributed by atoms with Crippen molar-refractivity contribution >= 4 is 11.9 Å². The molecule has 1 fully saturated rings. The van der Waals surface area contributed by atoms with Gasteiger partial charge in [0.1, 0.15) is 5.54 Å². The quantitative estimate of drug-likeness (QED) is 0.600. The second kappa shape index (κ2) is 3.33. The van der Waals surface area contributed by atoms with E-state index in [1.54, 1.807) is 6.92 Å². The minimum absolute atomic E-state index is 0.123. The third kappa shape index (κ3) is 1.65. The van der Waals surface area contributed by atoms with Crippen LogP contribution in [-0.4, -0.2) is 47.1 Å². The van der Waals surface area contributed by atoms with E-state index in [2.05, 4.69) is 5.32 Å². The van der Waals surface area contributed by atoms with E-state index in [9.17, 15) is 9.59 Å². The Morgan fingerprint density at radius 1 is 1.54 bits per heavy atom. The van der Waals surface area contributed by atoms with Crippen LogP contribution in [0.15, 0.2) is 0 Å². The van der Waals surface area contributed by atoms with Gasteiger partial charge in [0.05, 0.1) is 0 Å². The van der Waals surface area contributed by atoms with Crippen molar-refractivity contribution in [1.29, 1.82) is 0 Å². The summed E-state index contributed by atoms with van der Waals surface area (Å²) < 4.78 is 0. The number of amides is 1. The van der Waals surface area contributed by atoms with Crippen molar-refractivity contribution in [2.24, 2.45) is 0 Å². The average Bonchev–Trinajstić information content (AvgIpc) is 2.04. The Balaban J connectivity index is 2.89. The van der Waals surface area contributed by atoms with Crippen LogP contribution in [0.5, 0.6) is 0 Å². The fraction of sp³-hybridized carbons (Fsp3) is 0.750. The number of Topliss-reactive ketones (excluding diaryl/α,β-unsaturated/α-hetero) is 1. The SMILES string of the molecule is CC(=O)C1(C)CNCCN1C(=O)O. The molecule has 1 aliphatic heterocycles. The molecule has 13 heavy (non-hydrogen) atoms. The highest BCUT2D eigenvalue weighted by atomic mass is 16.4. The van der Waals surface area contributed by atoms with Crippen molar-refractivity contribution in [2.45, 2.75) is 19.4 Å². The van der Waals surface area contributed by atoms with E-state index in [1.807, 2.05) is 0 Å². The van der Waals surface area contributed by atoms with E-state index >= 15 is 0 Å². The largest absolute Gasteiger partial charge is 0.465 e. The van der Waals surface area contributed by atoms with Gasteiger partial charge < -0.3 is 10.4 Å². The summed E-state index contributed by atoms with van der Waals surface area (Å²) in [7, 11) is 0. The number of carbonyl (C=O) groups is 2. The molecule has 74 valence electrons. The maximum atomic E-state index is 11.3. The van der Waals surface area contributed by atoms with Gasteiger partial charge in [0.15, 0.2) is 5.78 Å². The van der Waals surface area contributed by atoms with Gasteiger partial charge in [-0.05, 0) is 13.8 Å². The first-order valence-corrected chi connectivity index (χ1v) is 4.21. The minimum atomic E-state index is -1.03. The van der Waals surface area contributed by atoms with Crippen LogP contribution in [0.25, 0.3) is 0 Å². The van der Waals surface area contributed by atoms with Gasteiger partial charge in [-0.3, -0.25) is 9.69 Å². The zero-order chi connectivity index (χ0) is 10.1. The van der Waals surface area contributed by atoms with E-state index in [4.69, 9.17) is 5.11 Å². The van der Waals surface area contributed by atoms with Crippen LogP contribution in [0.1, 0.15) is 13.8 Å². The zero-order valence-corrected chi connectivity index (χ0v) is 7.83. The number of ketones is 1. The van der Waals surface area contributed by atoms with E-state index in [-0.39, 0.29) is 5.78 Å². The van der Waals surface area contributed by atoms with Crippen LogP contribution >= 0.6 is 0 Å². The van der Waals surface area contributed by atoms with Gasteiger partial charge >= 0.3 is 6.09 Å². The molecule has 1 amide bonds. The molecular formula is C8H14N2O3. The summed E-state index contributed by atoms with van der Waals surface area (Å²) in [6.07, 6.45) is -1.03. The monoisotopic (exact) mass is 186 g/mol. The van der Waals surface area contributed by atoms with Gasteiger partial charge in [0, 0.05) is 19.6 Å². The van der Waals surface area contributed by atoms with Gasteiger partial charge in [-0.1, -0.05) is 0 Å². The number of hydrogen-bond donors (Lipinski definition) is 2. The van der Waals surface area contributed by atoms with Crippen molar-refractivity contribution in [3.05, 3.63) is 0 Å². The summed E-state index contributed by atoms with van der Waals surface area (Å²) >= 11 is 0. The van der Waals surface area contributed by atoms with Gasteiger partial charge in [0.2, 0.25) is 0 Å². The van der Waals surface area contributed by atoms with Crippen molar-refractivity contribution in [2.75, 3.05) is 19.6 Å². The Morgan fingerprint density at radius 3 is 2.54 bits per heavy atom. The molecule has 5 heteroatoms. The lowest BCUT2D eigenvalue weighted by atomic mass is 9.93. The Hall–Kier alpha value is -1.10. The number of hydrogen-bond acceptors (Lipinski definition) is 3. The minimum Gasteiger partial charge on any atom is -0.465 e. The van der Waals surface area contributed by atoms with Crippen LogP contribution in [0, 0.1) is 0 Å². The highest BCUT2D eigenvalue weighted by molar-refractivity contribution is 5.89. The normalized spacial score (nSPS) is 28.6. The van der Waals surface area contributed by atoms with Crippen molar-refractivity contribution in [3.8, 4) is 0 Å². The summed E-state index contributed by atoms with van der Waals surface area (Å²) in [5.41, 5.74) is -0.899. The highest BCUT2D eigenvalue weighted by Gasteiger charge is 2.41. The number of carboxylic acid groups (broad SMARTS) is 1. The molecule has 1 heterocycles. The van der Waals surface area contributed by atoms with Crippen LogP contribution in [-0.2, 0) is 4.79 Å². The number of nitrogens with zero attached hydrogens (tertiary/aromatic N) is 1. The lowest BCUT2D eigenvalue weighted by Gasteiger charge is -2.41. The second-order valence-electron chi connectivity index (χ2n) is 3.44. The van der Waals surface area contributed by atoms with Gasteiger partial charge in [0.25, 0.3) is 0 Å². The lowest BCUT2D eigenvalue weighted by molar-refractivity contribution is -0.128. The molecule has 1 rings (SSSR count). The molecular weight excluding hydrogens is 172 g/mol. The van der Waals surface area contributed by atoms with Crippen LogP contribution in [0.2, 0.25) is 0 Å². The maximum Gasteiger partial charge on any atom is 0.408 e. The summed E-state index contributed by atoms with van der Waals surface area (Å²) in [6, 6.07) is 0. The molecule has 5 nitrogen and oxygen atoms in total. The molecule has 1 unspecified atom stereocenters. The Bertz CT molecular complexity index is 242. The predicted molar refractivity (Wildman–Crippen MR) is 46.7 cm³/mol. The third-order valence-corrected chi connectivity index (χ3v) is 2.57. The molecule has 0 aromatic heterocycles. The van der Waals surface area contributed by atoms with E-state index < -0.39 is 11.6 Å². The fourth-order valence-electron chi connectivity index (χ4n) is 1.49. The maximum absolute atomic E-state index is 11.3. The molecule has 0 aromatic rings. The Morgan fingerprint density at radius 2 is 2.15 bits per heavy atom. The van der Waals surface area contributed by atoms with E-state index in [0.29, 0.717) is 19.6 Å². The van der Waals surface area contributed by atoms with Crippen LogP contribution in [0.4, 0.5) is 4.79 Å². The summed E-state index contributed by atoms with van der Waals surface area (Å²) in [6.45, 7) is 4.44. The van der Waals surface area contributed by atoms with E-state index in [0.717, 1.165) is 0 Å². The number of rotatable bonds is 1.